The van der Waals surface area contributed by atoms with Crippen LogP contribution in [0.3, 0.4) is 0 Å². The summed E-state index contributed by atoms with van der Waals surface area (Å²) < 4.78 is 5.65. The van der Waals surface area contributed by atoms with Gasteiger partial charge >= 0.3 is 0 Å². The summed E-state index contributed by atoms with van der Waals surface area (Å²) in [6.45, 7) is 3.93. The summed E-state index contributed by atoms with van der Waals surface area (Å²) in [7, 11) is 0. The zero-order valence-corrected chi connectivity index (χ0v) is 12.4. The highest BCUT2D eigenvalue weighted by Crippen LogP contribution is 2.27. The lowest BCUT2D eigenvalue weighted by atomic mass is 10.1. The van der Waals surface area contributed by atoms with Gasteiger partial charge in [-0.15, -0.1) is 0 Å². The molecule has 0 radical (unpaired) electrons. The lowest BCUT2D eigenvalue weighted by Crippen LogP contribution is -2.14. The average molecular weight is 289 g/mol. The molecular formula is C17H17ClO2. The third kappa shape index (κ3) is 3.84. The van der Waals surface area contributed by atoms with Crippen molar-refractivity contribution < 1.29 is 9.53 Å². The minimum absolute atomic E-state index is 0.0601. The van der Waals surface area contributed by atoms with Gasteiger partial charge in [0.25, 0.3) is 0 Å². The van der Waals surface area contributed by atoms with Gasteiger partial charge in [-0.25, -0.2) is 0 Å². The predicted molar refractivity (Wildman–Crippen MR) is 81.6 cm³/mol. The molecule has 0 aliphatic carbocycles. The van der Waals surface area contributed by atoms with Crippen LogP contribution in [0.2, 0.25) is 5.02 Å². The maximum absolute atomic E-state index is 11.9. The van der Waals surface area contributed by atoms with Crippen molar-refractivity contribution >= 4 is 17.4 Å². The topological polar surface area (TPSA) is 26.3 Å². The molecule has 0 bridgehead atoms. The Kier molecular flexibility index (Phi) is 4.80. The molecule has 2 rings (SSSR count). The first-order chi connectivity index (χ1) is 9.56. The van der Waals surface area contributed by atoms with Crippen LogP contribution in [-0.2, 0) is 11.2 Å². The molecule has 0 atom stereocenters. The fraction of sp³-hybridized carbons (Fsp3) is 0.235. The molecule has 2 aromatic carbocycles. The fourth-order valence-electron chi connectivity index (χ4n) is 2.15. The van der Waals surface area contributed by atoms with Gasteiger partial charge in [0.15, 0.2) is 5.78 Å². The normalized spacial score (nSPS) is 10.3. The molecule has 0 fully saturated rings. The molecule has 20 heavy (non-hydrogen) atoms. The molecule has 0 saturated heterocycles. The Morgan fingerprint density at radius 2 is 1.70 bits per heavy atom. The molecular weight excluding hydrogens is 272 g/mol. The van der Waals surface area contributed by atoms with Crippen molar-refractivity contribution in [3.05, 3.63) is 64.2 Å². The van der Waals surface area contributed by atoms with E-state index >= 15 is 0 Å². The van der Waals surface area contributed by atoms with Crippen LogP contribution in [0, 0.1) is 13.8 Å². The molecule has 0 aliphatic rings. The number of carbonyl (C=O) groups is 1. The number of aryl methyl sites for hydroxylation is 2. The molecule has 0 unspecified atom stereocenters. The first-order valence-corrected chi connectivity index (χ1v) is 6.89. The third-order valence-corrected chi connectivity index (χ3v) is 3.26. The fourth-order valence-corrected chi connectivity index (χ4v) is 2.48. The van der Waals surface area contributed by atoms with Gasteiger partial charge in [0.1, 0.15) is 12.4 Å². The zero-order valence-electron chi connectivity index (χ0n) is 11.7. The van der Waals surface area contributed by atoms with Gasteiger partial charge in [0.2, 0.25) is 0 Å². The van der Waals surface area contributed by atoms with E-state index in [1.54, 1.807) is 0 Å². The molecule has 3 heteroatoms. The van der Waals surface area contributed by atoms with Crippen LogP contribution in [0.1, 0.15) is 16.7 Å². The van der Waals surface area contributed by atoms with Crippen LogP contribution in [-0.4, -0.2) is 12.4 Å². The average Bonchev–Trinajstić information content (AvgIpc) is 2.38. The van der Waals surface area contributed by atoms with Crippen LogP contribution < -0.4 is 4.74 Å². The second-order valence-corrected chi connectivity index (χ2v) is 5.29. The van der Waals surface area contributed by atoms with Gasteiger partial charge in [-0.05, 0) is 42.7 Å². The number of ether oxygens (including phenoxy) is 1. The van der Waals surface area contributed by atoms with E-state index in [1.807, 2.05) is 56.3 Å². The van der Waals surface area contributed by atoms with Crippen molar-refractivity contribution in [1.29, 1.82) is 0 Å². The largest absolute Gasteiger partial charge is 0.485 e. The molecule has 0 aliphatic heterocycles. The van der Waals surface area contributed by atoms with Crippen LogP contribution in [0.25, 0.3) is 0 Å². The summed E-state index contributed by atoms with van der Waals surface area (Å²) in [5.74, 6) is 0.806. The minimum atomic E-state index is 0.0601. The first kappa shape index (κ1) is 14.6. The summed E-state index contributed by atoms with van der Waals surface area (Å²) in [4.78, 5) is 11.9. The van der Waals surface area contributed by atoms with Crippen LogP contribution in [0.4, 0.5) is 0 Å². The molecule has 0 heterocycles. The first-order valence-electron chi connectivity index (χ1n) is 6.51. The van der Waals surface area contributed by atoms with Crippen molar-refractivity contribution in [3.8, 4) is 5.75 Å². The molecule has 0 N–H and O–H groups in total. The van der Waals surface area contributed by atoms with E-state index in [0.717, 1.165) is 22.4 Å². The zero-order chi connectivity index (χ0) is 14.5. The SMILES string of the molecule is Cc1cc(Cl)cc(C)c1OCC(=O)Cc1ccccc1. The Hall–Kier alpha value is -1.80. The predicted octanol–water partition coefficient (Wildman–Crippen LogP) is 4.15. The molecule has 2 nitrogen and oxygen atoms in total. The number of ketones is 1. The Bertz CT molecular complexity index is 583. The second kappa shape index (κ2) is 6.58. The summed E-state index contributed by atoms with van der Waals surface area (Å²) in [6.07, 6.45) is 0.395. The monoisotopic (exact) mass is 288 g/mol. The minimum Gasteiger partial charge on any atom is -0.485 e. The van der Waals surface area contributed by atoms with E-state index in [1.165, 1.54) is 0 Å². The highest BCUT2D eigenvalue weighted by Gasteiger charge is 2.09. The molecule has 2 aromatic rings. The van der Waals surface area contributed by atoms with E-state index in [4.69, 9.17) is 16.3 Å². The Labute approximate surface area is 124 Å². The van der Waals surface area contributed by atoms with Crippen molar-refractivity contribution in [2.45, 2.75) is 20.3 Å². The summed E-state index contributed by atoms with van der Waals surface area (Å²) in [5, 5.41) is 0.683. The highest BCUT2D eigenvalue weighted by molar-refractivity contribution is 6.30. The van der Waals surface area contributed by atoms with E-state index < -0.39 is 0 Å². The lowest BCUT2D eigenvalue weighted by Gasteiger charge is -2.12. The van der Waals surface area contributed by atoms with Gasteiger partial charge < -0.3 is 4.74 Å². The third-order valence-electron chi connectivity index (χ3n) is 3.05. The van der Waals surface area contributed by atoms with Gasteiger partial charge in [0.05, 0.1) is 0 Å². The van der Waals surface area contributed by atoms with Crippen molar-refractivity contribution in [1.82, 2.24) is 0 Å². The standard InChI is InChI=1S/C17H17ClO2/c1-12-8-15(18)9-13(2)17(12)20-11-16(19)10-14-6-4-3-5-7-14/h3-9H,10-11H2,1-2H3. The lowest BCUT2D eigenvalue weighted by molar-refractivity contribution is -0.120. The molecule has 0 aromatic heterocycles. The Morgan fingerprint density at radius 3 is 2.30 bits per heavy atom. The smallest absolute Gasteiger partial charge is 0.174 e. The number of benzene rings is 2. The van der Waals surface area contributed by atoms with Crippen LogP contribution in [0.5, 0.6) is 5.75 Å². The van der Waals surface area contributed by atoms with E-state index in [2.05, 4.69) is 0 Å². The van der Waals surface area contributed by atoms with Crippen molar-refractivity contribution in [2.24, 2.45) is 0 Å². The maximum atomic E-state index is 11.9. The van der Waals surface area contributed by atoms with Gasteiger partial charge in [-0.2, -0.15) is 0 Å². The Morgan fingerprint density at radius 1 is 1.10 bits per heavy atom. The van der Waals surface area contributed by atoms with Crippen LogP contribution >= 0.6 is 11.6 Å². The number of hydrogen-bond donors (Lipinski definition) is 0. The number of halogens is 1. The molecule has 0 amide bonds. The van der Waals surface area contributed by atoms with Gasteiger partial charge in [-0.1, -0.05) is 41.9 Å². The van der Waals surface area contributed by atoms with Gasteiger partial charge in [-0.3, -0.25) is 4.79 Å². The summed E-state index contributed by atoms with van der Waals surface area (Å²) >= 11 is 5.97. The quantitative estimate of drug-likeness (QED) is 0.826. The van der Waals surface area contributed by atoms with Crippen molar-refractivity contribution in [3.63, 3.8) is 0 Å². The van der Waals surface area contributed by atoms with E-state index in [0.29, 0.717) is 11.4 Å². The van der Waals surface area contributed by atoms with Gasteiger partial charge in [0, 0.05) is 11.4 Å². The second-order valence-electron chi connectivity index (χ2n) is 4.86. The van der Waals surface area contributed by atoms with Crippen LogP contribution in [0.15, 0.2) is 42.5 Å². The van der Waals surface area contributed by atoms with E-state index in [-0.39, 0.29) is 12.4 Å². The molecule has 0 spiro atoms. The number of carbonyl (C=O) groups excluding carboxylic acids is 1. The maximum Gasteiger partial charge on any atom is 0.174 e. The molecule has 0 saturated carbocycles. The number of Topliss-reactive ketones (excluding diaryl/α,β-unsaturated/α-hetero) is 1. The number of hydrogen-bond acceptors (Lipinski definition) is 2. The highest BCUT2D eigenvalue weighted by atomic mass is 35.5. The molecule has 104 valence electrons. The Balaban J connectivity index is 1.97. The summed E-state index contributed by atoms with van der Waals surface area (Å²) in [5.41, 5.74) is 2.90. The van der Waals surface area contributed by atoms with E-state index in [9.17, 15) is 4.79 Å². The number of rotatable bonds is 5. The van der Waals surface area contributed by atoms with Crippen molar-refractivity contribution in [2.75, 3.05) is 6.61 Å². The summed E-state index contributed by atoms with van der Waals surface area (Å²) in [6, 6.07) is 13.4.